The molecule has 0 saturated heterocycles. The van der Waals surface area contributed by atoms with Gasteiger partial charge < -0.3 is 4.90 Å². The first kappa shape index (κ1) is 13.8. The molecule has 0 fully saturated rings. The second-order valence-electron chi connectivity index (χ2n) is 2.97. The Bertz CT molecular complexity index is 160. The summed E-state index contributed by atoms with van der Waals surface area (Å²) in [6.07, 6.45) is 0. The summed E-state index contributed by atoms with van der Waals surface area (Å²) in [5.41, 5.74) is 3.71. The van der Waals surface area contributed by atoms with Crippen molar-refractivity contribution in [2.75, 3.05) is 14.1 Å². The molecule has 1 nitrogen and oxygen atoms in total. The minimum Gasteiger partial charge on any atom is -0.378 e. The highest BCUT2D eigenvalue weighted by atomic mass is 15.1. The van der Waals surface area contributed by atoms with Gasteiger partial charge >= 0.3 is 0 Å². The SMILES string of the molecule is C=C(C(C)=C(C)C)N(C)C.CC. The van der Waals surface area contributed by atoms with Crippen LogP contribution in [0.3, 0.4) is 0 Å². The Labute approximate surface area is 77.8 Å². The first-order chi connectivity index (χ1) is 5.46. The second kappa shape index (κ2) is 6.96. The van der Waals surface area contributed by atoms with Crippen molar-refractivity contribution in [3.8, 4) is 0 Å². The van der Waals surface area contributed by atoms with Gasteiger partial charge in [0.1, 0.15) is 0 Å². The van der Waals surface area contributed by atoms with Crippen LogP contribution < -0.4 is 0 Å². The molecule has 0 heterocycles. The van der Waals surface area contributed by atoms with E-state index in [0.717, 1.165) is 5.70 Å². The van der Waals surface area contributed by atoms with E-state index >= 15 is 0 Å². The summed E-state index contributed by atoms with van der Waals surface area (Å²) in [4.78, 5) is 2.03. The summed E-state index contributed by atoms with van der Waals surface area (Å²) in [5.74, 6) is 0. The van der Waals surface area contributed by atoms with Gasteiger partial charge in [-0.05, 0) is 26.3 Å². The monoisotopic (exact) mass is 169 g/mol. The van der Waals surface area contributed by atoms with Crippen LogP contribution in [0, 0.1) is 0 Å². The highest BCUT2D eigenvalue weighted by molar-refractivity contribution is 5.27. The topological polar surface area (TPSA) is 3.24 Å². The molecule has 72 valence electrons. The van der Waals surface area contributed by atoms with Gasteiger partial charge in [-0.25, -0.2) is 0 Å². The van der Waals surface area contributed by atoms with Crippen LogP contribution in [-0.4, -0.2) is 19.0 Å². The Morgan fingerprint density at radius 1 is 1.00 bits per heavy atom. The maximum absolute atomic E-state index is 3.94. The molecular formula is C11H23N. The molecule has 0 radical (unpaired) electrons. The fourth-order valence-electron chi connectivity index (χ4n) is 0.624. The molecule has 0 N–H and O–H groups in total. The third-order valence-electron chi connectivity index (χ3n) is 1.72. The summed E-state index contributed by atoms with van der Waals surface area (Å²) < 4.78 is 0. The second-order valence-corrected chi connectivity index (χ2v) is 2.97. The van der Waals surface area contributed by atoms with E-state index in [9.17, 15) is 0 Å². The van der Waals surface area contributed by atoms with Gasteiger partial charge in [0.15, 0.2) is 0 Å². The fourth-order valence-corrected chi connectivity index (χ4v) is 0.624. The van der Waals surface area contributed by atoms with Crippen LogP contribution in [0.25, 0.3) is 0 Å². The minimum absolute atomic E-state index is 1.10. The van der Waals surface area contributed by atoms with E-state index in [-0.39, 0.29) is 0 Å². The number of rotatable bonds is 2. The number of allylic oxidation sites excluding steroid dienone is 2. The lowest BCUT2D eigenvalue weighted by atomic mass is 10.1. The zero-order chi connectivity index (χ0) is 10.3. The van der Waals surface area contributed by atoms with Gasteiger partial charge in [0.2, 0.25) is 0 Å². The average molecular weight is 169 g/mol. The van der Waals surface area contributed by atoms with Gasteiger partial charge in [-0.2, -0.15) is 0 Å². The van der Waals surface area contributed by atoms with Crippen LogP contribution in [0.4, 0.5) is 0 Å². The number of hydrogen-bond acceptors (Lipinski definition) is 1. The van der Waals surface area contributed by atoms with Gasteiger partial charge in [0.25, 0.3) is 0 Å². The van der Waals surface area contributed by atoms with Gasteiger partial charge in [0, 0.05) is 19.8 Å². The van der Waals surface area contributed by atoms with Gasteiger partial charge in [0.05, 0.1) is 0 Å². The standard InChI is InChI=1S/C9H17N.C2H6/c1-7(2)8(3)9(4)10(5)6;1-2/h4H2,1-3,5-6H3;1-2H3. The number of nitrogens with zero attached hydrogens (tertiary/aromatic N) is 1. The third-order valence-corrected chi connectivity index (χ3v) is 1.72. The van der Waals surface area contributed by atoms with Crippen molar-refractivity contribution < 1.29 is 0 Å². The largest absolute Gasteiger partial charge is 0.378 e. The maximum Gasteiger partial charge on any atom is 0.0317 e. The Kier molecular flexibility index (Phi) is 8.03. The molecule has 0 bridgehead atoms. The van der Waals surface area contributed by atoms with Crippen LogP contribution in [0.2, 0.25) is 0 Å². The van der Waals surface area contributed by atoms with Gasteiger partial charge in [-0.3, -0.25) is 0 Å². The molecular weight excluding hydrogens is 146 g/mol. The summed E-state index contributed by atoms with van der Waals surface area (Å²) in [6, 6.07) is 0. The van der Waals surface area contributed by atoms with Crippen molar-refractivity contribution in [2.45, 2.75) is 34.6 Å². The van der Waals surface area contributed by atoms with E-state index < -0.39 is 0 Å². The third kappa shape index (κ3) is 5.00. The molecule has 0 aliphatic rings. The van der Waals surface area contributed by atoms with Crippen LogP contribution in [-0.2, 0) is 0 Å². The van der Waals surface area contributed by atoms with Crippen LogP contribution >= 0.6 is 0 Å². The van der Waals surface area contributed by atoms with E-state index in [2.05, 4.69) is 27.4 Å². The summed E-state index contributed by atoms with van der Waals surface area (Å²) >= 11 is 0. The normalized spacial score (nSPS) is 7.92. The predicted molar refractivity (Wildman–Crippen MR) is 58.2 cm³/mol. The Balaban J connectivity index is 0. The summed E-state index contributed by atoms with van der Waals surface area (Å²) in [5, 5.41) is 0. The van der Waals surface area contributed by atoms with Crippen molar-refractivity contribution in [1.29, 1.82) is 0 Å². The van der Waals surface area contributed by atoms with Crippen molar-refractivity contribution in [2.24, 2.45) is 0 Å². The van der Waals surface area contributed by atoms with Gasteiger partial charge in [-0.15, -0.1) is 0 Å². The van der Waals surface area contributed by atoms with Gasteiger partial charge in [-0.1, -0.05) is 26.0 Å². The first-order valence-electron chi connectivity index (χ1n) is 4.47. The van der Waals surface area contributed by atoms with E-state index in [1.54, 1.807) is 0 Å². The molecule has 0 amide bonds. The predicted octanol–water partition coefficient (Wildman–Crippen LogP) is 3.44. The van der Waals surface area contributed by atoms with E-state index in [4.69, 9.17) is 0 Å². The number of hydrogen-bond donors (Lipinski definition) is 0. The Morgan fingerprint density at radius 2 is 1.33 bits per heavy atom. The fraction of sp³-hybridized carbons (Fsp3) is 0.636. The van der Waals surface area contributed by atoms with Crippen molar-refractivity contribution in [3.05, 3.63) is 23.4 Å². The number of likely N-dealkylation sites (N-methyl/N-ethyl adjacent to an activating group) is 1. The van der Waals surface area contributed by atoms with Crippen LogP contribution in [0.5, 0.6) is 0 Å². The molecule has 0 spiro atoms. The molecule has 0 aliphatic heterocycles. The minimum atomic E-state index is 1.10. The van der Waals surface area contributed by atoms with E-state index in [1.165, 1.54) is 11.1 Å². The average Bonchev–Trinajstić information content (AvgIpc) is 2.05. The van der Waals surface area contributed by atoms with Crippen molar-refractivity contribution in [1.82, 2.24) is 4.90 Å². The molecule has 1 heteroatoms. The first-order valence-corrected chi connectivity index (χ1v) is 4.47. The zero-order valence-electron chi connectivity index (χ0n) is 9.65. The lowest BCUT2D eigenvalue weighted by Crippen LogP contribution is -2.11. The molecule has 0 unspecified atom stereocenters. The molecule has 0 rings (SSSR count). The molecule has 12 heavy (non-hydrogen) atoms. The molecule has 0 aromatic heterocycles. The zero-order valence-corrected chi connectivity index (χ0v) is 9.65. The Morgan fingerprint density at radius 3 is 1.42 bits per heavy atom. The highest BCUT2D eigenvalue weighted by Crippen LogP contribution is 2.12. The van der Waals surface area contributed by atoms with E-state index in [1.807, 2.05) is 32.8 Å². The van der Waals surface area contributed by atoms with Crippen LogP contribution in [0.15, 0.2) is 23.4 Å². The van der Waals surface area contributed by atoms with Crippen molar-refractivity contribution in [3.63, 3.8) is 0 Å². The molecule has 0 atom stereocenters. The molecule has 0 aromatic rings. The quantitative estimate of drug-likeness (QED) is 0.572. The van der Waals surface area contributed by atoms with Crippen LogP contribution in [0.1, 0.15) is 34.6 Å². The lowest BCUT2D eigenvalue weighted by Gasteiger charge is -2.17. The summed E-state index contributed by atoms with van der Waals surface area (Å²) in [6.45, 7) is 14.2. The molecule has 0 aromatic carbocycles. The lowest BCUT2D eigenvalue weighted by molar-refractivity contribution is 0.523. The summed E-state index contributed by atoms with van der Waals surface area (Å²) in [7, 11) is 4.02. The van der Waals surface area contributed by atoms with Crippen molar-refractivity contribution >= 4 is 0 Å². The van der Waals surface area contributed by atoms with E-state index in [0.29, 0.717) is 0 Å². The Hall–Kier alpha value is -0.720. The molecule has 0 saturated carbocycles. The highest BCUT2D eigenvalue weighted by Gasteiger charge is 1.98. The molecule has 0 aliphatic carbocycles. The smallest absolute Gasteiger partial charge is 0.0317 e. The maximum atomic E-state index is 3.94.